The molecule has 0 spiro atoms. The van der Waals surface area contributed by atoms with Crippen LogP contribution in [-0.4, -0.2) is 22.5 Å². The second-order valence-electron chi connectivity index (χ2n) is 5.94. The van der Waals surface area contributed by atoms with E-state index in [1.54, 1.807) is 0 Å². The van der Waals surface area contributed by atoms with E-state index in [2.05, 4.69) is 29.5 Å². The number of aromatic nitrogens is 1. The molecule has 1 aromatic rings. The third-order valence-corrected chi connectivity index (χ3v) is 4.38. The molecule has 1 saturated carbocycles. The summed E-state index contributed by atoms with van der Waals surface area (Å²) < 4.78 is 0. The second kappa shape index (κ2) is 6.74. The highest BCUT2D eigenvalue weighted by molar-refractivity contribution is 5.55. The fraction of sp³-hybridized carbons (Fsp3) is 0.667. The van der Waals surface area contributed by atoms with Crippen LogP contribution < -0.4 is 10.6 Å². The van der Waals surface area contributed by atoms with E-state index in [0.717, 1.165) is 19.4 Å². The van der Waals surface area contributed by atoms with Crippen molar-refractivity contribution in [2.75, 3.05) is 17.2 Å². The molecule has 0 saturated heterocycles. The minimum Gasteiger partial charge on any atom is -0.370 e. The Bertz CT molecular complexity index is 506. The SMILES string of the molecule is CCCNc1cc([N+](=O)[O-])cc(NC2CCC(C)C2C)n1. The minimum absolute atomic E-state index is 0.0739. The van der Waals surface area contributed by atoms with Gasteiger partial charge in [0.1, 0.15) is 11.6 Å². The number of hydrogen-bond acceptors (Lipinski definition) is 5. The average Bonchev–Trinajstić information content (AvgIpc) is 2.77. The van der Waals surface area contributed by atoms with Gasteiger partial charge in [-0.15, -0.1) is 0 Å². The summed E-state index contributed by atoms with van der Waals surface area (Å²) in [7, 11) is 0. The molecule has 116 valence electrons. The number of anilines is 2. The summed E-state index contributed by atoms with van der Waals surface area (Å²) >= 11 is 0. The number of nitrogens with one attached hydrogen (secondary N) is 2. The maximum absolute atomic E-state index is 11.1. The van der Waals surface area contributed by atoms with Crippen LogP contribution in [0.3, 0.4) is 0 Å². The first-order chi connectivity index (χ1) is 10.0. The molecule has 1 heterocycles. The number of nitrogens with zero attached hydrogens (tertiary/aromatic N) is 2. The molecule has 0 aliphatic heterocycles. The molecule has 3 unspecified atom stereocenters. The average molecular weight is 292 g/mol. The predicted molar refractivity (Wildman–Crippen MR) is 84.6 cm³/mol. The molecule has 0 bridgehead atoms. The zero-order valence-corrected chi connectivity index (χ0v) is 12.9. The summed E-state index contributed by atoms with van der Waals surface area (Å²) in [6.07, 6.45) is 3.23. The van der Waals surface area contributed by atoms with E-state index in [1.807, 2.05) is 6.92 Å². The van der Waals surface area contributed by atoms with Crippen molar-refractivity contribution in [3.05, 3.63) is 22.2 Å². The van der Waals surface area contributed by atoms with Crippen LogP contribution in [0.5, 0.6) is 0 Å². The first-order valence-corrected chi connectivity index (χ1v) is 7.68. The van der Waals surface area contributed by atoms with Crippen LogP contribution >= 0.6 is 0 Å². The molecule has 0 radical (unpaired) electrons. The Balaban J connectivity index is 2.17. The van der Waals surface area contributed by atoms with E-state index in [-0.39, 0.29) is 10.6 Å². The van der Waals surface area contributed by atoms with Gasteiger partial charge in [-0.3, -0.25) is 10.1 Å². The molecule has 0 amide bonds. The predicted octanol–water partition coefficient (Wildman–Crippen LogP) is 3.66. The second-order valence-corrected chi connectivity index (χ2v) is 5.94. The van der Waals surface area contributed by atoms with Gasteiger partial charge in [0.05, 0.1) is 17.1 Å². The van der Waals surface area contributed by atoms with E-state index < -0.39 is 0 Å². The van der Waals surface area contributed by atoms with Crippen molar-refractivity contribution in [2.45, 2.75) is 46.1 Å². The Morgan fingerprint density at radius 3 is 2.62 bits per heavy atom. The van der Waals surface area contributed by atoms with E-state index in [0.29, 0.717) is 29.5 Å². The van der Waals surface area contributed by atoms with Gasteiger partial charge in [-0.05, 0) is 31.1 Å². The lowest BCUT2D eigenvalue weighted by Crippen LogP contribution is -2.24. The van der Waals surface area contributed by atoms with Crippen LogP contribution in [0.15, 0.2) is 12.1 Å². The van der Waals surface area contributed by atoms with Crippen LogP contribution in [-0.2, 0) is 0 Å². The topological polar surface area (TPSA) is 80.1 Å². The van der Waals surface area contributed by atoms with Crippen molar-refractivity contribution in [3.63, 3.8) is 0 Å². The molecular formula is C15H24N4O2. The minimum atomic E-state index is -0.370. The molecule has 6 heteroatoms. The Labute approximate surface area is 125 Å². The molecule has 2 rings (SSSR count). The first-order valence-electron chi connectivity index (χ1n) is 7.68. The Morgan fingerprint density at radius 2 is 2.05 bits per heavy atom. The lowest BCUT2D eigenvalue weighted by molar-refractivity contribution is -0.384. The Hall–Kier alpha value is -1.85. The van der Waals surface area contributed by atoms with Gasteiger partial charge in [-0.1, -0.05) is 20.8 Å². The monoisotopic (exact) mass is 292 g/mol. The van der Waals surface area contributed by atoms with Gasteiger partial charge in [0.25, 0.3) is 5.69 Å². The van der Waals surface area contributed by atoms with E-state index >= 15 is 0 Å². The highest BCUT2D eigenvalue weighted by atomic mass is 16.6. The van der Waals surface area contributed by atoms with Gasteiger partial charge >= 0.3 is 0 Å². The number of hydrogen-bond donors (Lipinski definition) is 2. The maximum atomic E-state index is 11.1. The van der Waals surface area contributed by atoms with Gasteiger partial charge in [-0.2, -0.15) is 0 Å². The van der Waals surface area contributed by atoms with Crippen LogP contribution in [0.2, 0.25) is 0 Å². The van der Waals surface area contributed by atoms with Crippen molar-refractivity contribution in [2.24, 2.45) is 11.8 Å². The zero-order chi connectivity index (χ0) is 15.4. The van der Waals surface area contributed by atoms with Gasteiger partial charge in [0, 0.05) is 12.6 Å². The van der Waals surface area contributed by atoms with Crippen LogP contribution in [0.4, 0.5) is 17.3 Å². The number of rotatable bonds is 6. The Kier molecular flexibility index (Phi) is 4.98. The molecule has 1 fully saturated rings. The Morgan fingerprint density at radius 1 is 1.33 bits per heavy atom. The van der Waals surface area contributed by atoms with Crippen molar-refractivity contribution in [1.29, 1.82) is 0 Å². The smallest absolute Gasteiger partial charge is 0.276 e. The third kappa shape index (κ3) is 3.83. The van der Waals surface area contributed by atoms with Crippen molar-refractivity contribution in [1.82, 2.24) is 4.98 Å². The molecular weight excluding hydrogens is 268 g/mol. The third-order valence-electron chi connectivity index (χ3n) is 4.38. The van der Waals surface area contributed by atoms with Crippen molar-refractivity contribution in [3.8, 4) is 0 Å². The highest BCUT2D eigenvalue weighted by Crippen LogP contribution is 2.33. The zero-order valence-electron chi connectivity index (χ0n) is 12.9. The molecule has 0 aromatic carbocycles. The lowest BCUT2D eigenvalue weighted by atomic mass is 9.98. The highest BCUT2D eigenvalue weighted by Gasteiger charge is 2.30. The summed E-state index contributed by atoms with van der Waals surface area (Å²) in [5.74, 6) is 2.39. The first kappa shape index (κ1) is 15.5. The molecule has 1 aliphatic carbocycles. The normalized spacial score (nSPS) is 24.8. The van der Waals surface area contributed by atoms with Crippen molar-refractivity contribution < 1.29 is 4.92 Å². The molecule has 1 aromatic heterocycles. The maximum Gasteiger partial charge on any atom is 0.276 e. The van der Waals surface area contributed by atoms with E-state index in [1.165, 1.54) is 18.6 Å². The largest absolute Gasteiger partial charge is 0.370 e. The number of pyridine rings is 1. The fourth-order valence-corrected chi connectivity index (χ4v) is 2.80. The number of nitro groups is 1. The quantitative estimate of drug-likeness (QED) is 0.618. The molecule has 6 nitrogen and oxygen atoms in total. The summed E-state index contributed by atoms with van der Waals surface area (Å²) in [5.41, 5.74) is 0.0739. The van der Waals surface area contributed by atoms with Crippen LogP contribution in [0, 0.1) is 22.0 Å². The van der Waals surface area contributed by atoms with E-state index in [4.69, 9.17) is 0 Å². The standard InChI is InChI=1S/C15H24N4O2/c1-4-7-16-14-8-12(19(20)21)9-15(18-14)17-13-6-5-10(2)11(13)3/h8-11,13H,4-7H2,1-3H3,(H2,16,17,18). The van der Waals surface area contributed by atoms with Crippen LogP contribution in [0.1, 0.15) is 40.0 Å². The molecule has 1 aliphatic rings. The molecule has 3 atom stereocenters. The van der Waals surface area contributed by atoms with Gasteiger partial charge in [-0.25, -0.2) is 4.98 Å². The van der Waals surface area contributed by atoms with Gasteiger partial charge in [0.15, 0.2) is 0 Å². The lowest BCUT2D eigenvalue weighted by Gasteiger charge is -2.20. The summed E-state index contributed by atoms with van der Waals surface area (Å²) in [6.45, 7) is 7.28. The van der Waals surface area contributed by atoms with Crippen molar-refractivity contribution >= 4 is 17.3 Å². The molecule has 2 N–H and O–H groups in total. The fourth-order valence-electron chi connectivity index (χ4n) is 2.80. The summed E-state index contributed by atoms with van der Waals surface area (Å²) in [4.78, 5) is 15.1. The molecule has 21 heavy (non-hydrogen) atoms. The van der Waals surface area contributed by atoms with Gasteiger partial charge < -0.3 is 10.6 Å². The van der Waals surface area contributed by atoms with Gasteiger partial charge in [0.2, 0.25) is 0 Å². The summed E-state index contributed by atoms with van der Waals surface area (Å²) in [5, 5.41) is 17.6. The van der Waals surface area contributed by atoms with E-state index in [9.17, 15) is 10.1 Å². The summed E-state index contributed by atoms with van der Waals surface area (Å²) in [6, 6.07) is 3.35. The van der Waals surface area contributed by atoms with Crippen LogP contribution in [0.25, 0.3) is 0 Å².